The zero-order chi connectivity index (χ0) is 17.1. The Balaban J connectivity index is 1.74. The normalized spacial score (nSPS) is 17.0. The molecule has 0 saturated heterocycles. The van der Waals surface area contributed by atoms with E-state index < -0.39 is 5.91 Å². The number of aromatic amines is 1. The van der Waals surface area contributed by atoms with Crippen LogP contribution in [-0.2, 0) is 4.79 Å². The van der Waals surface area contributed by atoms with E-state index in [9.17, 15) is 14.4 Å². The lowest BCUT2D eigenvalue weighted by atomic mass is 9.94. The Bertz CT molecular complexity index is 868. The van der Waals surface area contributed by atoms with Gasteiger partial charge in [0.2, 0.25) is 11.5 Å². The van der Waals surface area contributed by atoms with Crippen LogP contribution in [-0.4, -0.2) is 22.5 Å². The first-order chi connectivity index (χ1) is 11.5. The van der Waals surface area contributed by atoms with Crippen LogP contribution in [0.2, 0.25) is 0 Å². The first-order valence-corrected chi connectivity index (χ1v) is 7.50. The molecule has 1 aliphatic heterocycles. The third kappa shape index (κ3) is 3.40. The number of carbonyl (C=O) groups excluding carboxylic acids is 2. The van der Waals surface area contributed by atoms with Gasteiger partial charge in [-0.15, -0.1) is 0 Å². The number of amides is 2. The van der Waals surface area contributed by atoms with Crippen LogP contribution in [0.5, 0.6) is 0 Å². The van der Waals surface area contributed by atoms with Gasteiger partial charge in [0.15, 0.2) is 0 Å². The van der Waals surface area contributed by atoms with Gasteiger partial charge in [0, 0.05) is 24.1 Å². The standard InChI is InChI=1S/C17H16N4O3/c1-10-9-15(23)20-21-16(10)11-5-7-12(8-6-11)18-17(24)13-3-2-4-14(22)19-13/h2-8,10H,9H2,1H3,(H,18,24)(H,19,22)(H,20,23). The Morgan fingerprint density at radius 2 is 1.92 bits per heavy atom. The van der Waals surface area contributed by atoms with Crippen molar-refractivity contribution in [1.29, 1.82) is 0 Å². The van der Waals surface area contributed by atoms with Crippen molar-refractivity contribution in [2.45, 2.75) is 13.3 Å². The van der Waals surface area contributed by atoms with Crippen LogP contribution in [0.3, 0.4) is 0 Å². The van der Waals surface area contributed by atoms with Crippen molar-refractivity contribution in [3.63, 3.8) is 0 Å². The third-order valence-corrected chi connectivity index (χ3v) is 3.71. The molecule has 0 fully saturated rings. The number of pyridine rings is 1. The van der Waals surface area contributed by atoms with Crippen molar-refractivity contribution in [1.82, 2.24) is 10.4 Å². The second-order valence-corrected chi connectivity index (χ2v) is 5.60. The van der Waals surface area contributed by atoms with Crippen molar-refractivity contribution in [2.24, 2.45) is 11.0 Å². The lowest BCUT2D eigenvalue weighted by molar-refractivity contribution is -0.121. The maximum atomic E-state index is 12.1. The minimum Gasteiger partial charge on any atom is -0.321 e. The Morgan fingerprint density at radius 3 is 2.58 bits per heavy atom. The van der Waals surface area contributed by atoms with Gasteiger partial charge in [0.1, 0.15) is 5.69 Å². The van der Waals surface area contributed by atoms with Crippen LogP contribution in [0, 0.1) is 5.92 Å². The molecule has 122 valence electrons. The number of aromatic nitrogens is 1. The van der Waals surface area contributed by atoms with Gasteiger partial charge in [0.05, 0.1) is 5.71 Å². The van der Waals surface area contributed by atoms with Crippen LogP contribution in [0.4, 0.5) is 5.69 Å². The molecule has 7 nitrogen and oxygen atoms in total. The topological polar surface area (TPSA) is 103 Å². The summed E-state index contributed by atoms with van der Waals surface area (Å²) in [5, 5.41) is 6.81. The fourth-order valence-corrected chi connectivity index (χ4v) is 2.51. The number of nitrogens with one attached hydrogen (secondary N) is 3. The molecule has 1 aliphatic rings. The second kappa shape index (κ2) is 6.49. The number of rotatable bonds is 3. The molecular weight excluding hydrogens is 308 g/mol. The molecule has 0 aliphatic carbocycles. The fourth-order valence-electron chi connectivity index (χ4n) is 2.51. The van der Waals surface area contributed by atoms with E-state index >= 15 is 0 Å². The van der Waals surface area contributed by atoms with Crippen molar-refractivity contribution in [2.75, 3.05) is 5.32 Å². The van der Waals surface area contributed by atoms with Crippen LogP contribution >= 0.6 is 0 Å². The van der Waals surface area contributed by atoms with Gasteiger partial charge >= 0.3 is 0 Å². The SMILES string of the molecule is CC1CC(=O)NN=C1c1ccc(NC(=O)c2cccc(=O)[nH]2)cc1. The fraction of sp³-hybridized carbons (Fsp3) is 0.176. The number of hydrogen-bond donors (Lipinski definition) is 3. The van der Waals surface area contributed by atoms with Crippen LogP contribution in [0.25, 0.3) is 0 Å². The van der Waals surface area contributed by atoms with Crippen molar-refractivity contribution < 1.29 is 9.59 Å². The molecule has 0 radical (unpaired) electrons. The molecule has 1 atom stereocenters. The lowest BCUT2D eigenvalue weighted by Crippen LogP contribution is -2.31. The minimum absolute atomic E-state index is 0.0357. The van der Waals surface area contributed by atoms with E-state index in [0.717, 1.165) is 11.3 Å². The maximum Gasteiger partial charge on any atom is 0.272 e. The van der Waals surface area contributed by atoms with Gasteiger partial charge in [-0.1, -0.05) is 25.1 Å². The second-order valence-electron chi connectivity index (χ2n) is 5.60. The van der Waals surface area contributed by atoms with Gasteiger partial charge in [-0.3, -0.25) is 14.4 Å². The summed E-state index contributed by atoms with van der Waals surface area (Å²) in [6.07, 6.45) is 0.401. The van der Waals surface area contributed by atoms with E-state index in [1.165, 1.54) is 18.2 Å². The number of benzene rings is 1. The predicted molar refractivity (Wildman–Crippen MR) is 89.9 cm³/mol. The summed E-state index contributed by atoms with van der Waals surface area (Å²) in [6.45, 7) is 1.94. The summed E-state index contributed by atoms with van der Waals surface area (Å²) in [6, 6.07) is 11.6. The number of nitrogens with zero attached hydrogens (tertiary/aromatic N) is 1. The largest absolute Gasteiger partial charge is 0.321 e. The Labute approximate surface area is 137 Å². The quantitative estimate of drug-likeness (QED) is 0.797. The summed E-state index contributed by atoms with van der Waals surface area (Å²) >= 11 is 0. The molecule has 2 heterocycles. The van der Waals surface area contributed by atoms with E-state index in [1.807, 2.05) is 19.1 Å². The molecule has 7 heteroatoms. The minimum atomic E-state index is -0.393. The highest BCUT2D eigenvalue weighted by Crippen LogP contribution is 2.18. The van der Waals surface area contributed by atoms with E-state index in [2.05, 4.69) is 20.8 Å². The molecule has 1 aromatic carbocycles. The highest BCUT2D eigenvalue weighted by molar-refractivity contribution is 6.06. The average molecular weight is 324 g/mol. The summed E-state index contributed by atoms with van der Waals surface area (Å²) in [5.74, 6) is -0.448. The Hall–Kier alpha value is -3.22. The summed E-state index contributed by atoms with van der Waals surface area (Å²) < 4.78 is 0. The molecule has 1 unspecified atom stereocenters. The average Bonchev–Trinajstić information content (AvgIpc) is 2.56. The van der Waals surface area contributed by atoms with Crippen LogP contribution in [0.15, 0.2) is 52.4 Å². The van der Waals surface area contributed by atoms with Gasteiger partial charge in [0.25, 0.3) is 5.91 Å². The molecule has 3 N–H and O–H groups in total. The molecular formula is C17H16N4O3. The van der Waals surface area contributed by atoms with Crippen LogP contribution in [0.1, 0.15) is 29.4 Å². The predicted octanol–water partition coefficient (Wildman–Crippen LogP) is 1.49. The first kappa shape index (κ1) is 15.7. The number of hydrogen-bond acceptors (Lipinski definition) is 4. The molecule has 0 spiro atoms. The summed E-state index contributed by atoms with van der Waals surface area (Å²) in [4.78, 5) is 37.1. The number of anilines is 1. The molecule has 0 bridgehead atoms. The third-order valence-electron chi connectivity index (χ3n) is 3.71. The highest BCUT2D eigenvalue weighted by atomic mass is 16.2. The number of hydrazone groups is 1. The zero-order valence-electron chi connectivity index (χ0n) is 13.0. The van der Waals surface area contributed by atoms with Gasteiger partial charge in [-0.25, -0.2) is 5.43 Å². The zero-order valence-corrected chi connectivity index (χ0v) is 13.0. The van der Waals surface area contributed by atoms with Gasteiger partial charge in [-0.05, 0) is 23.8 Å². The smallest absolute Gasteiger partial charge is 0.272 e. The van der Waals surface area contributed by atoms with Crippen molar-refractivity contribution >= 4 is 23.2 Å². The first-order valence-electron chi connectivity index (χ1n) is 7.50. The lowest BCUT2D eigenvalue weighted by Gasteiger charge is -2.19. The summed E-state index contributed by atoms with van der Waals surface area (Å²) in [7, 11) is 0. The van der Waals surface area contributed by atoms with Crippen molar-refractivity contribution in [3.8, 4) is 0 Å². The monoisotopic (exact) mass is 324 g/mol. The van der Waals surface area contributed by atoms with Crippen LogP contribution < -0.4 is 16.3 Å². The Kier molecular flexibility index (Phi) is 4.24. The van der Waals surface area contributed by atoms with Crippen molar-refractivity contribution in [3.05, 3.63) is 64.1 Å². The molecule has 24 heavy (non-hydrogen) atoms. The van der Waals surface area contributed by atoms with E-state index in [-0.39, 0.29) is 23.1 Å². The number of carbonyl (C=O) groups is 2. The summed E-state index contributed by atoms with van der Waals surface area (Å²) in [5.41, 5.74) is 4.63. The Morgan fingerprint density at radius 1 is 1.17 bits per heavy atom. The van der Waals surface area contributed by atoms with E-state index in [0.29, 0.717) is 12.1 Å². The molecule has 1 aromatic heterocycles. The molecule has 0 saturated carbocycles. The molecule has 2 aromatic rings. The van der Waals surface area contributed by atoms with E-state index in [1.54, 1.807) is 12.1 Å². The molecule has 3 rings (SSSR count). The molecule has 2 amide bonds. The van der Waals surface area contributed by atoms with Gasteiger partial charge < -0.3 is 10.3 Å². The van der Waals surface area contributed by atoms with E-state index in [4.69, 9.17) is 0 Å². The number of H-pyrrole nitrogens is 1. The highest BCUT2D eigenvalue weighted by Gasteiger charge is 2.21. The maximum absolute atomic E-state index is 12.1. The van der Waals surface area contributed by atoms with Gasteiger partial charge in [-0.2, -0.15) is 5.10 Å².